The maximum absolute atomic E-state index is 12.3. The normalized spacial score (nSPS) is 10.2. The highest BCUT2D eigenvalue weighted by Gasteiger charge is 2.12. The van der Waals surface area contributed by atoms with Crippen LogP contribution in [0.5, 0.6) is 0 Å². The monoisotopic (exact) mass is 272 g/mol. The highest BCUT2D eigenvalue weighted by atomic mass is 32.2. The van der Waals surface area contributed by atoms with Gasteiger partial charge in [-0.3, -0.25) is 4.79 Å². The van der Waals surface area contributed by atoms with Crippen molar-refractivity contribution in [2.24, 2.45) is 0 Å². The van der Waals surface area contributed by atoms with E-state index in [-0.39, 0.29) is 5.91 Å². The third-order valence-electron chi connectivity index (χ3n) is 2.98. The van der Waals surface area contributed by atoms with Crippen LogP contribution in [-0.4, -0.2) is 12.2 Å². The van der Waals surface area contributed by atoms with Gasteiger partial charge in [-0.25, -0.2) is 0 Å². The van der Waals surface area contributed by atoms with E-state index in [1.165, 1.54) is 0 Å². The molecular formula is C15H16N2OS. The Bertz CT molecular complexity index is 611. The van der Waals surface area contributed by atoms with Crippen LogP contribution in [0.15, 0.2) is 47.4 Å². The van der Waals surface area contributed by atoms with E-state index in [4.69, 9.17) is 5.73 Å². The maximum Gasteiger partial charge on any atom is 0.256 e. The van der Waals surface area contributed by atoms with E-state index in [1.54, 1.807) is 11.8 Å². The van der Waals surface area contributed by atoms with Crippen molar-refractivity contribution >= 4 is 29.0 Å². The number of anilines is 2. The average molecular weight is 272 g/mol. The zero-order valence-corrected chi connectivity index (χ0v) is 11.8. The zero-order chi connectivity index (χ0) is 13.8. The molecule has 0 bridgehead atoms. The van der Waals surface area contributed by atoms with Gasteiger partial charge < -0.3 is 11.1 Å². The molecule has 0 aliphatic rings. The average Bonchev–Trinajstić information content (AvgIpc) is 2.43. The van der Waals surface area contributed by atoms with E-state index in [0.717, 1.165) is 16.1 Å². The van der Waals surface area contributed by atoms with Crippen molar-refractivity contribution in [1.29, 1.82) is 0 Å². The third kappa shape index (κ3) is 2.90. The maximum atomic E-state index is 12.3. The number of nitrogens with two attached hydrogens (primary N) is 1. The van der Waals surface area contributed by atoms with E-state index >= 15 is 0 Å². The van der Waals surface area contributed by atoms with E-state index in [9.17, 15) is 4.79 Å². The number of rotatable bonds is 3. The van der Waals surface area contributed by atoms with Crippen molar-refractivity contribution < 1.29 is 4.79 Å². The summed E-state index contributed by atoms with van der Waals surface area (Å²) >= 11 is 1.56. The SMILES string of the molecule is CSc1ccccc1C(=O)Nc1cccc(N)c1C. The first-order chi connectivity index (χ1) is 9.13. The molecule has 19 heavy (non-hydrogen) atoms. The molecule has 3 N–H and O–H groups in total. The molecule has 1 amide bonds. The predicted octanol–water partition coefficient (Wildman–Crippen LogP) is 3.55. The van der Waals surface area contributed by atoms with Gasteiger partial charge in [0.25, 0.3) is 5.91 Å². The quantitative estimate of drug-likeness (QED) is 0.663. The molecular weight excluding hydrogens is 256 g/mol. The molecule has 0 radical (unpaired) electrons. The summed E-state index contributed by atoms with van der Waals surface area (Å²) in [5.74, 6) is -0.112. The Balaban J connectivity index is 2.28. The summed E-state index contributed by atoms with van der Waals surface area (Å²) in [4.78, 5) is 13.3. The summed E-state index contributed by atoms with van der Waals surface area (Å²) in [7, 11) is 0. The van der Waals surface area contributed by atoms with Gasteiger partial charge in [0.2, 0.25) is 0 Å². The minimum absolute atomic E-state index is 0.112. The van der Waals surface area contributed by atoms with Crippen LogP contribution in [0.3, 0.4) is 0 Å². The van der Waals surface area contributed by atoms with E-state index in [1.807, 2.05) is 55.6 Å². The molecule has 0 atom stereocenters. The lowest BCUT2D eigenvalue weighted by Gasteiger charge is -2.11. The Labute approximate surface area is 117 Å². The Kier molecular flexibility index (Phi) is 4.12. The van der Waals surface area contributed by atoms with Gasteiger partial charge in [0, 0.05) is 16.3 Å². The van der Waals surface area contributed by atoms with Gasteiger partial charge in [-0.2, -0.15) is 0 Å². The second kappa shape index (κ2) is 5.80. The van der Waals surface area contributed by atoms with E-state index in [2.05, 4.69) is 5.32 Å². The number of carbonyl (C=O) groups is 1. The lowest BCUT2D eigenvalue weighted by atomic mass is 10.1. The Morgan fingerprint density at radius 1 is 1.16 bits per heavy atom. The van der Waals surface area contributed by atoms with Crippen LogP contribution in [0, 0.1) is 6.92 Å². The Morgan fingerprint density at radius 2 is 1.89 bits per heavy atom. The smallest absolute Gasteiger partial charge is 0.256 e. The fourth-order valence-corrected chi connectivity index (χ4v) is 2.41. The Hall–Kier alpha value is -1.94. The van der Waals surface area contributed by atoms with Crippen molar-refractivity contribution in [3.05, 3.63) is 53.6 Å². The number of nitrogen functional groups attached to an aromatic ring is 1. The summed E-state index contributed by atoms with van der Waals surface area (Å²) in [6, 6.07) is 13.0. The molecule has 0 saturated heterocycles. The van der Waals surface area contributed by atoms with Gasteiger partial charge in [-0.15, -0.1) is 11.8 Å². The first kappa shape index (κ1) is 13.5. The molecule has 0 saturated carbocycles. The number of carbonyl (C=O) groups excluding carboxylic acids is 1. The van der Waals surface area contributed by atoms with Gasteiger partial charge in [0.15, 0.2) is 0 Å². The number of nitrogens with one attached hydrogen (secondary N) is 1. The van der Waals surface area contributed by atoms with Crippen LogP contribution in [0.2, 0.25) is 0 Å². The number of amides is 1. The second-order valence-electron chi connectivity index (χ2n) is 4.17. The molecule has 2 aromatic rings. The molecule has 0 spiro atoms. The van der Waals surface area contributed by atoms with Gasteiger partial charge in [0.1, 0.15) is 0 Å². The standard InChI is InChI=1S/C15H16N2OS/c1-10-12(16)7-5-8-13(10)17-15(18)11-6-3-4-9-14(11)19-2/h3-9H,16H2,1-2H3,(H,17,18). The molecule has 2 rings (SSSR count). The summed E-state index contributed by atoms with van der Waals surface area (Å²) in [6.45, 7) is 1.89. The number of benzene rings is 2. The zero-order valence-electron chi connectivity index (χ0n) is 10.9. The molecule has 0 fully saturated rings. The summed E-state index contributed by atoms with van der Waals surface area (Å²) < 4.78 is 0. The molecule has 4 heteroatoms. The minimum atomic E-state index is -0.112. The second-order valence-corrected chi connectivity index (χ2v) is 5.02. The molecule has 0 aliphatic heterocycles. The highest BCUT2D eigenvalue weighted by Crippen LogP contribution is 2.24. The molecule has 0 aromatic heterocycles. The van der Waals surface area contributed by atoms with Crippen molar-refractivity contribution in [1.82, 2.24) is 0 Å². The third-order valence-corrected chi connectivity index (χ3v) is 3.77. The topological polar surface area (TPSA) is 55.1 Å². The molecule has 0 unspecified atom stereocenters. The van der Waals surface area contributed by atoms with Crippen molar-refractivity contribution in [3.8, 4) is 0 Å². The van der Waals surface area contributed by atoms with Crippen LogP contribution >= 0.6 is 11.8 Å². The van der Waals surface area contributed by atoms with E-state index < -0.39 is 0 Å². The molecule has 2 aromatic carbocycles. The first-order valence-electron chi connectivity index (χ1n) is 5.93. The van der Waals surface area contributed by atoms with Crippen LogP contribution in [0.1, 0.15) is 15.9 Å². The Morgan fingerprint density at radius 3 is 2.63 bits per heavy atom. The molecule has 3 nitrogen and oxygen atoms in total. The predicted molar refractivity (Wildman–Crippen MR) is 81.8 cm³/mol. The largest absolute Gasteiger partial charge is 0.398 e. The van der Waals surface area contributed by atoms with Gasteiger partial charge in [-0.1, -0.05) is 18.2 Å². The van der Waals surface area contributed by atoms with Gasteiger partial charge in [0.05, 0.1) is 5.56 Å². The van der Waals surface area contributed by atoms with Crippen LogP contribution in [-0.2, 0) is 0 Å². The minimum Gasteiger partial charge on any atom is -0.398 e. The first-order valence-corrected chi connectivity index (χ1v) is 7.15. The highest BCUT2D eigenvalue weighted by molar-refractivity contribution is 7.98. The van der Waals surface area contributed by atoms with Crippen LogP contribution < -0.4 is 11.1 Å². The van der Waals surface area contributed by atoms with Crippen molar-refractivity contribution in [3.63, 3.8) is 0 Å². The summed E-state index contributed by atoms with van der Waals surface area (Å²) in [5, 5.41) is 2.91. The van der Waals surface area contributed by atoms with Crippen LogP contribution in [0.4, 0.5) is 11.4 Å². The molecule has 0 heterocycles. The van der Waals surface area contributed by atoms with Gasteiger partial charge in [-0.05, 0) is 43.0 Å². The van der Waals surface area contributed by atoms with E-state index in [0.29, 0.717) is 11.3 Å². The summed E-state index contributed by atoms with van der Waals surface area (Å²) in [5.41, 5.74) is 8.83. The number of hydrogen-bond acceptors (Lipinski definition) is 3. The summed E-state index contributed by atoms with van der Waals surface area (Å²) in [6.07, 6.45) is 1.96. The van der Waals surface area contributed by atoms with Crippen LogP contribution in [0.25, 0.3) is 0 Å². The fourth-order valence-electron chi connectivity index (χ4n) is 1.81. The fraction of sp³-hybridized carbons (Fsp3) is 0.133. The molecule has 98 valence electrons. The van der Waals surface area contributed by atoms with Gasteiger partial charge >= 0.3 is 0 Å². The molecule has 0 aliphatic carbocycles. The lowest BCUT2D eigenvalue weighted by molar-refractivity contribution is 0.102. The number of hydrogen-bond donors (Lipinski definition) is 2. The number of thioether (sulfide) groups is 1. The lowest BCUT2D eigenvalue weighted by Crippen LogP contribution is -2.14. The van der Waals surface area contributed by atoms with Crippen molar-refractivity contribution in [2.75, 3.05) is 17.3 Å². The van der Waals surface area contributed by atoms with Crippen molar-refractivity contribution in [2.45, 2.75) is 11.8 Å².